The average molecular weight is 413 g/mol. The van der Waals surface area contributed by atoms with Crippen LogP contribution < -0.4 is 5.73 Å². The molecule has 0 spiro atoms. The third-order valence-electron chi connectivity index (χ3n) is 5.17. The summed E-state index contributed by atoms with van der Waals surface area (Å²) in [6.07, 6.45) is 0. The van der Waals surface area contributed by atoms with Gasteiger partial charge in [0.15, 0.2) is 5.88 Å². The summed E-state index contributed by atoms with van der Waals surface area (Å²) in [5.74, 6) is -0.201. The van der Waals surface area contributed by atoms with Gasteiger partial charge in [-0.05, 0) is 37.3 Å². The van der Waals surface area contributed by atoms with E-state index in [9.17, 15) is 15.3 Å². The molecular formula is C21H24N4O3S. The molecule has 0 radical (unpaired) electrons. The summed E-state index contributed by atoms with van der Waals surface area (Å²) >= 11 is 1.81. The molecule has 0 bridgehead atoms. The third kappa shape index (κ3) is 3.84. The van der Waals surface area contributed by atoms with Gasteiger partial charge in [0.1, 0.15) is 0 Å². The van der Waals surface area contributed by atoms with E-state index in [1.54, 1.807) is 41.3 Å². The number of benzene rings is 2. The number of fused-ring (bicyclic) bond motifs is 1. The van der Waals surface area contributed by atoms with Crippen molar-refractivity contribution in [2.45, 2.75) is 12.8 Å². The molecule has 2 aromatic carbocycles. The number of aromatic amines is 1. The van der Waals surface area contributed by atoms with E-state index in [-0.39, 0.29) is 5.88 Å². The third-order valence-corrected chi connectivity index (χ3v) is 6.11. The number of aromatic nitrogens is 1. The molecule has 0 atom stereocenters. The van der Waals surface area contributed by atoms with Crippen molar-refractivity contribution < 1.29 is 15.3 Å². The molecule has 2 heterocycles. The van der Waals surface area contributed by atoms with Gasteiger partial charge in [-0.15, -0.1) is 0 Å². The lowest BCUT2D eigenvalue weighted by atomic mass is 10.1. The molecule has 7 nitrogen and oxygen atoms in total. The van der Waals surface area contributed by atoms with E-state index >= 15 is 0 Å². The van der Waals surface area contributed by atoms with Crippen molar-refractivity contribution >= 4 is 39.8 Å². The zero-order valence-electron chi connectivity index (χ0n) is 16.1. The van der Waals surface area contributed by atoms with Gasteiger partial charge in [-0.3, -0.25) is 4.99 Å². The normalized spacial score (nSPS) is 16.4. The Hall–Kier alpha value is -2.52. The summed E-state index contributed by atoms with van der Waals surface area (Å²) in [4.78, 5) is 9.19. The minimum atomic E-state index is -2.00. The van der Waals surface area contributed by atoms with Crippen LogP contribution in [0.5, 0.6) is 5.88 Å². The number of aliphatic imine (C=N–C) groups is 1. The Labute approximate surface area is 172 Å². The molecule has 8 heteroatoms. The second-order valence-electron chi connectivity index (χ2n) is 7.13. The van der Waals surface area contributed by atoms with E-state index < -0.39 is 5.91 Å². The molecule has 4 rings (SSSR count). The number of rotatable bonds is 4. The Kier molecular flexibility index (Phi) is 5.26. The van der Waals surface area contributed by atoms with Gasteiger partial charge < -0.3 is 26.0 Å². The topological polar surface area (TPSA) is 118 Å². The second-order valence-corrected chi connectivity index (χ2v) is 8.36. The molecule has 1 aliphatic rings. The van der Waals surface area contributed by atoms with Crippen molar-refractivity contribution in [3.05, 3.63) is 53.6 Å². The molecule has 1 fully saturated rings. The lowest BCUT2D eigenvalue weighted by molar-refractivity contribution is -0.273. The van der Waals surface area contributed by atoms with Gasteiger partial charge in [-0.2, -0.15) is 11.8 Å². The van der Waals surface area contributed by atoms with E-state index in [2.05, 4.69) is 9.98 Å². The van der Waals surface area contributed by atoms with Gasteiger partial charge in [-0.25, -0.2) is 4.90 Å². The van der Waals surface area contributed by atoms with E-state index in [1.807, 2.05) is 24.8 Å². The molecule has 0 amide bonds. The van der Waals surface area contributed by atoms with Crippen molar-refractivity contribution in [2.24, 2.45) is 4.99 Å². The molecule has 1 saturated heterocycles. The average Bonchev–Trinajstić information content (AvgIpc) is 3.04. The fraction of sp³-hybridized carbons (Fsp3) is 0.286. The largest absolute Gasteiger partial charge is 0.494 e. The number of thioether (sulfide) groups is 1. The summed E-state index contributed by atoms with van der Waals surface area (Å²) in [6, 6.07) is 12.2. The summed E-state index contributed by atoms with van der Waals surface area (Å²) in [7, 11) is 0. The lowest BCUT2D eigenvalue weighted by Gasteiger charge is -2.37. The molecule has 3 aromatic rings. The van der Waals surface area contributed by atoms with E-state index in [4.69, 9.17) is 5.73 Å². The first kappa shape index (κ1) is 19.8. The van der Waals surface area contributed by atoms with Crippen LogP contribution in [-0.4, -0.2) is 55.5 Å². The quantitative estimate of drug-likeness (QED) is 0.255. The molecule has 0 unspecified atom stereocenters. The first-order valence-corrected chi connectivity index (χ1v) is 10.6. The fourth-order valence-electron chi connectivity index (χ4n) is 3.63. The molecule has 1 aliphatic heterocycles. The fourth-order valence-corrected chi connectivity index (χ4v) is 4.53. The maximum absolute atomic E-state index is 10.6. The highest BCUT2D eigenvalue weighted by Gasteiger charge is 2.34. The van der Waals surface area contributed by atoms with Crippen LogP contribution in [0, 0.1) is 0 Å². The zero-order valence-corrected chi connectivity index (χ0v) is 16.9. The van der Waals surface area contributed by atoms with Gasteiger partial charge in [0.25, 0.3) is 5.91 Å². The Balaban J connectivity index is 1.62. The Bertz CT molecular complexity index is 1050. The number of H-pyrrole nitrogens is 1. The van der Waals surface area contributed by atoms with Crippen LogP contribution in [0.1, 0.15) is 18.1 Å². The molecule has 29 heavy (non-hydrogen) atoms. The highest BCUT2D eigenvalue weighted by atomic mass is 32.2. The molecule has 152 valence electrons. The highest BCUT2D eigenvalue weighted by molar-refractivity contribution is 7.99. The number of nitrogens with zero attached hydrogens (tertiary/aromatic N) is 2. The van der Waals surface area contributed by atoms with Crippen molar-refractivity contribution in [3.8, 4) is 5.88 Å². The first-order valence-electron chi connectivity index (χ1n) is 9.40. The number of nitrogens with two attached hydrogens (primary N) is 1. The number of hydrogen-bond acceptors (Lipinski definition) is 7. The molecule has 6 N–H and O–H groups in total. The van der Waals surface area contributed by atoms with Crippen LogP contribution >= 0.6 is 11.8 Å². The Morgan fingerprint density at radius 1 is 1.14 bits per heavy atom. The van der Waals surface area contributed by atoms with Gasteiger partial charge in [-0.1, -0.05) is 12.1 Å². The van der Waals surface area contributed by atoms with Gasteiger partial charge >= 0.3 is 0 Å². The second kappa shape index (κ2) is 7.72. The van der Waals surface area contributed by atoms with Crippen molar-refractivity contribution in [1.82, 2.24) is 9.88 Å². The van der Waals surface area contributed by atoms with E-state index in [0.29, 0.717) is 41.3 Å². The summed E-state index contributed by atoms with van der Waals surface area (Å²) < 4.78 is 0. The highest BCUT2D eigenvalue weighted by Crippen LogP contribution is 2.31. The molecular weight excluding hydrogens is 388 g/mol. The van der Waals surface area contributed by atoms with Gasteiger partial charge in [0.2, 0.25) is 0 Å². The minimum absolute atomic E-state index is 0.0381. The number of aliphatic hydroxyl groups is 2. The standard InChI is InChI=1S/C21H24N4O3S/c1-13(19-17-12-15(22)4-7-18(17)24-20(19)26)23-16-5-2-14(3-6-16)21(27,28)25-8-10-29-11-9-25/h2-7,12,24,26-28H,8-11,22H2,1H3. The number of hydrogen-bond donors (Lipinski definition) is 5. The number of anilines is 1. The summed E-state index contributed by atoms with van der Waals surface area (Å²) in [5.41, 5.74) is 9.55. The van der Waals surface area contributed by atoms with Crippen LogP contribution in [0.4, 0.5) is 11.4 Å². The Morgan fingerprint density at radius 3 is 2.52 bits per heavy atom. The van der Waals surface area contributed by atoms with Crippen LogP contribution in [0.2, 0.25) is 0 Å². The monoisotopic (exact) mass is 412 g/mol. The zero-order chi connectivity index (χ0) is 20.6. The summed E-state index contributed by atoms with van der Waals surface area (Å²) in [6.45, 7) is 3.06. The maximum Gasteiger partial charge on any atom is 0.253 e. The van der Waals surface area contributed by atoms with E-state index in [1.165, 1.54) is 0 Å². The van der Waals surface area contributed by atoms with Gasteiger partial charge in [0.05, 0.1) is 17.0 Å². The van der Waals surface area contributed by atoms with Crippen molar-refractivity contribution in [1.29, 1.82) is 0 Å². The van der Waals surface area contributed by atoms with Crippen LogP contribution in [0.25, 0.3) is 10.9 Å². The molecule has 1 aromatic heterocycles. The lowest BCUT2D eigenvalue weighted by Crippen LogP contribution is -2.49. The number of aromatic hydroxyl groups is 1. The molecule has 0 aliphatic carbocycles. The Morgan fingerprint density at radius 2 is 1.83 bits per heavy atom. The van der Waals surface area contributed by atoms with Crippen molar-refractivity contribution in [2.75, 3.05) is 30.3 Å². The van der Waals surface area contributed by atoms with Gasteiger partial charge in [0, 0.05) is 46.7 Å². The van der Waals surface area contributed by atoms with Crippen LogP contribution in [0.3, 0.4) is 0 Å². The smallest absolute Gasteiger partial charge is 0.253 e. The number of nitrogens with one attached hydrogen (secondary N) is 1. The number of nitrogen functional groups attached to an aromatic ring is 1. The van der Waals surface area contributed by atoms with E-state index in [0.717, 1.165) is 22.4 Å². The minimum Gasteiger partial charge on any atom is -0.494 e. The summed E-state index contributed by atoms with van der Waals surface area (Å²) in [5, 5.41) is 32.3. The van der Waals surface area contributed by atoms with Crippen LogP contribution in [0.15, 0.2) is 47.5 Å². The molecule has 0 saturated carbocycles. The maximum atomic E-state index is 10.6. The van der Waals surface area contributed by atoms with Crippen molar-refractivity contribution in [3.63, 3.8) is 0 Å². The predicted octanol–water partition coefficient (Wildman–Crippen LogP) is 2.74. The SMILES string of the molecule is CC(=Nc1ccc(C(O)(O)N2CCSCC2)cc1)c1c(O)[nH]c2ccc(N)cc12. The van der Waals surface area contributed by atoms with Crippen LogP contribution in [-0.2, 0) is 5.91 Å². The first-order chi connectivity index (χ1) is 13.9. The predicted molar refractivity (Wildman–Crippen MR) is 118 cm³/mol.